The van der Waals surface area contributed by atoms with Crippen LogP contribution < -0.4 is 0 Å². The van der Waals surface area contributed by atoms with Gasteiger partial charge in [-0.25, -0.2) is 4.79 Å². The van der Waals surface area contributed by atoms with Crippen molar-refractivity contribution >= 4 is 5.97 Å². The van der Waals surface area contributed by atoms with Crippen molar-refractivity contribution in [3.63, 3.8) is 0 Å². The summed E-state index contributed by atoms with van der Waals surface area (Å²) in [7, 11) is 0. The molecule has 0 amide bonds. The van der Waals surface area contributed by atoms with Crippen molar-refractivity contribution in [2.45, 2.75) is 96.5 Å². The smallest absolute Gasteiger partial charge is 0.338 e. The zero-order valence-electron chi connectivity index (χ0n) is 16.7. The first-order valence-corrected chi connectivity index (χ1v) is 11.0. The predicted molar refractivity (Wildman–Crippen MR) is 108 cm³/mol. The highest BCUT2D eigenvalue weighted by atomic mass is 16.5. The average molecular weight is 357 g/mol. The number of carbonyl (C=O) groups is 1. The van der Waals surface area contributed by atoms with Crippen molar-refractivity contribution in [2.75, 3.05) is 0 Å². The fourth-order valence-electron chi connectivity index (χ4n) is 4.96. The van der Waals surface area contributed by atoms with Crippen molar-refractivity contribution in [1.29, 1.82) is 0 Å². The quantitative estimate of drug-likeness (QED) is 0.519. The third-order valence-electron chi connectivity index (χ3n) is 6.81. The van der Waals surface area contributed by atoms with Crippen LogP contribution in [0.3, 0.4) is 0 Å². The van der Waals surface area contributed by atoms with Gasteiger partial charge in [0.2, 0.25) is 0 Å². The highest BCUT2D eigenvalue weighted by Gasteiger charge is 2.24. The Morgan fingerprint density at radius 1 is 0.885 bits per heavy atom. The second-order valence-corrected chi connectivity index (χ2v) is 8.58. The van der Waals surface area contributed by atoms with Gasteiger partial charge in [0.05, 0.1) is 5.56 Å². The van der Waals surface area contributed by atoms with Crippen LogP contribution >= 0.6 is 0 Å². The van der Waals surface area contributed by atoms with Crippen LogP contribution in [0.2, 0.25) is 0 Å². The van der Waals surface area contributed by atoms with Gasteiger partial charge in [-0.3, -0.25) is 0 Å². The lowest BCUT2D eigenvalue weighted by Crippen LogP contribution is -2.24. The summed E-state index contributed by atoms with van der Waals surface area (Å²) in [5.41, 5.74) is 2.11. The minimum absolute atomic E-state index is 0.125. The normalized spacial score (nSPS) is 29.3. The molecule has 1 aromatic carbocycles. The highest BCUT2D eigenvalue weighted by Crippen LogP contribution is 2.37. The molecule has 0 aliphatic heterocycles. The summed E-state index contributed by atoms with van der Waals surface area (Å²) in [6, 6.07) is 8.27. The molecular formula is C24H36O2. The Balaban J connectivity index is 1.48. The molecule has 2 nitrogen and oxygen atoms in total. The summed E-state index contributed by atoms with van der Waals surface area (Å²) in [4.78, 5) is 12.5. The monoisotopic (exact) mass is 356 g/mol. The van der Waals surface area contributed by atoms with Crippen LogP contribution in [-0.2, 0) is 4.74 Å². The van der Waals surface area contributed by atoms with E-state index in [4.69, 9.17) is 4.74 Å². The van der Waals surface area contributed by atoms with Gasteiger partial charge in [0, 0.05) is 0 Å². The van der Waals surface area contributed by atoms with E-state index < -0.39 is 0 Å². The van der Waals surface area contributed by atoms with Crippen LogP contribution in [0.1, 0.15) is 106 Å². The van der Waals surface area contributed by atoms with Gasteiger partial charge in [0.15, 0.2) is 0 Å². The molecule has 0 aromatic heterocycles. The van der Waals surface area contributed by atoms with E-state index in [0.29, 0.717) is 11.5 Å². The summed E-state index contributed by atoms with van der Waals surface area (Å²) in [6.07, 6.45) is 13.8. The molecule has 2 fully saturated rings. The zero-order valence-corrected chi connectivity index (χ0v) is 16.7. The number of esters is 1. The molecule has 2 aliphatic carbocycles. The van der Waals surface area contributed by atoms with Gasteiger partial charge >= 0.3 is 5.97 Å². The lowest BCUT2D eigenvalue weighted by Gasteiger charge is -2.28. The molecule has 3 rings (SSSR count). The molecule has 144 valence electrons. The second-order valence-electron chi connectivity index (χ2n) is 8.58. The van der Waals surface area contributed by atoms with Crippen LogP contribution in [-0.4, -0.2) is 12.1 Å². The molecular weight excluding hydrogens is 320 g/mol. The van der Waals surface area contributed by atoms with Crippen molar-refractivity contribution in [3.8, 4) is 0 Å². The molecule has 2 saturated carbocycles. The highest BCUT2D eigenvalue weighted by molar-refractivity contribution is 5.89. The SMILES string of the molecule is CCCC1CCC(OC(=O)c2ccc(C3CCC(CC)CC3)cc2)CC1. The Morgan fingerprint density at radius 2 is 1.50 bits per heavy atom. The average Bonchev–Trinajstić information content (AvgIpc) is 2.70. The van der Waals surface area contributed by atoms with Gasteiger partial charge in [-0.1, -0.05) is 45.2 Å². The van der Waals surface area contributed by atoms with Crippen LogP contribution in [0, 0.1) is 11.8 Å². The maximum Gasteiger partial charge on any atom is 0.338 e. The molecule has 0 N–H and O–H groups in total. The zero-order chi connectivity index (χ0) is 18.4. The van der Waals surface area contributed by atoms with Gasteiger partial charge in [-0.15, -0.1) is 0 Å². The van der Waals surface area contributed by atoms with E-state index in [-0.39, 0.29) is 12.1 Å². The molecule has 0 radical (unpaired) electrons. The third kappa shape index (κ3) is 5.11. The van der Waals surface area contributed by atoms with Crippen LogP contribution in [0.15, 0.2) is 24.3 Å². The van der Waals surface area contributed by atoms with E-state index in [0.717, 1.165) is 24.7 Å². The number of carbonyl (C=O) groups excluding carboxylic acids is 1. The van der Waals surface area contributed by atoms with E-state index in [9.17, 15) is 4.79 Å². The van der Waals surface area contributed by atoms with Gasteiger partial charge < -0.3 is 4.74 Å². The third-order valence-corrected chi connectivity index (χ3v) is 6.81. The van der Waals surface area contributed by atoms with Crippen molar-refractivity contribution in [2.24, 2.45) is 11.8 Å². The van der Waals surface area contributed by atoms with E-state index in [2.05, 4.69) is 26.0 Å². The molecule has 0 saturated heterocycles. The first kappa shape index (κ1) is 19.5. The maximum atomic E-state index is 12.5. The Labute approximate surface area is 159 Å². The molecule has 0 atom stereocenters. The molecule has 1 aromatic rings. The second kappa shape index (κ2) is 9.58. The van der Waals surface area contributed by atoms with Crippen molar-refractivity contribution in [3.05, 3.63) is 35.4 Å². The molecule has 2 aliphatic rings. The fraction of sp³-hybridized carbons (Fsp3) is 0.708. The number of ether oxygens (including phenoxy) is 1. The minimum atomic E-state index is -0.134. The first-order chi connectivity index (χ1) is 12.7. The number of hydrogen-bond acceptors (Lipinski definition) is 2. The van der Waals surface area contributed by atoms with Gasteiger partial charge in [-0.2, -0.15) is 0 Å². The molecule has 0 spiro atoms. The summed E-state index contributed by atoms with van der Waals surface area (Å²) >= 11 is 0. The van der Waals surface area contributed by atoms with E-state index >= 15 is 0 Å². The largest absolute Gasteiger partial charge is 0.459 e. The topological polar surface area (TPSA) is 26.3 Å². The van der Waals surface area contributed by atoms with Crippen LogP contribution in [0.5, 0.6) is 0 Å². The predicted octanol–water partition coefficient (Wildman–Crippen LogP) is 6.89. The van der Waals surface area contributed by atoms with E-state index in [1.165, 1.54) is 63.4 Å². The lowest BCUT2D eigenvalue weighted by molar-refractivity contribution is 0.0161. The molecule has 26 heavy (non-hydrogen) atoms. The Hall–Kier alpha value is -1.31. The van der Waals surface area contributed by atoms with Gasteiger partial charge in [0.1, 0.15) is 6.10 Å². The van der Waals surface area contributed by atoms with E-state index in [1.807, 2.05) is 12.1 Å². The standard InChI is InChI=1S/C24H36O2/c1-3-5-19-8-16-23(17-9-19)26-24(25)22-14-12-21(13-15-22)20-10-6-18(4-2)7-11-20/h12-15,18-20,23H,3-11,16-17H2,1-2H3. The fourth-order valence-corrected chi connectivity index (χ4v) is 4.96. The molecule has 0 heterocycles. The van der Waals surface area contributed by atoms with Crippen molar-refractivity contribution in [1.82, 2.24) is 0 Å². The molecule has 0 unspecified atom stereocenters. The number of hydrogen-bond donors (Lipinski definition) is 0. The summed E-state index contributed by atoms with van der Waals surface area (Å²) in [6.45, 7) is 4.56. The molecule has 0 bridgehead atoms. The maximum absolute atomic E-state index is 12.5. The summed E-state index contributed by atoms with van der Waals surface area (Å²) < 4.78 is 5.78. The van der Waals surface area contributed by atoms with E-state index in [1.54, 1.807) is 0 Å². The molecule has 2 heteroatoms. The number of benzene rings is 1. The van der Waals surface area contributed by atoms with Crippen LogP contribution in [0.25, 0.3) is 0 Å². The van der Waals surface area contributed by atoms with Gasteiger partial charge in [-0.05, 0) is 86.8 Å². The first-order valence-electron chi connectivity index (χ1n) is 11.0. The lowest BCUT2D eigenvalue weighted by atomic mass is 9.78. The minimum Gasteiger partial charge on any atom is -0.459 e. The van der Waals surface area contributed by atoms with Crippen molar-refractivity contribution < 1.29 is 9.53 Å². The van der Waals surface area contributed by atoms with Gasteiger partial charge in [0.25, 0.3) is 0 Å². The Morgan fingerprint density at radius 3 is 2.08 bits per heavy atom. The summed E-state index contributed by atoms with van der Waals surface area (Å²) in [5, 5.41) is 0. The number of rotatable bonds is 6. The van der Waals surface area contributed by atoms with Crippen LogP contribution in [0.4, 0.5) is 0 Å². The Bertz CT molecular complexity index is 546. The Kier molecular flexibility index (Phi) is 7.16. The summed E-state index contributed by atoms with van der Waals surface area (Å²) in [5.74, 6) is 2.31.